The quantitative estimate of drug-likeness (QED) is 0.406. The predicted octanol–water partition coefficient (Wildman–Crippen LogP) is 2.15. The summed E-state index contributed by atoms with van der Waals surface area (Å²) in [6.45, 7) is 1.90. The second kappa shape index (κ2) is 9.45. The lowest BCUT2D eigenvalue weighted by Gasteiger charge is -2.49. The van der Waals surface area contributed by atoms with E-state index in [2.05, 4.69) is 10.3 Å². The summed E-state index contributed by atoms with van der Waals surface area (Å²) in [6, 6.07) is 2.64. The number of rotatable bonds is 8. The lowest BCUT2D eigenvalue weighted by molar-refractivity contribution is -0.150. The van der Waals surface area contributed by atoms with Crippen molar-refractivity contribution >= 4 is 74.8 Å². The molecule has 8 nitrogen and oxygen atoms in total. The standard InChI is InChI=1S/C18H17N3O5S5/c1-9-19-5-12(30-9)28-6-10-7-29-17-14(16(23)21(17)15(10)18(24)25)20-11(22)8-31(26)13-3-2-4-27-13/h2-5,14,17H,6-8H2,1H3,(H,20,22)(H,24,25)/t14?,17-,31?/m0/s1. The summed E-state index contributed by atoms with van der Waals surface area (Å²) < 4.78 is 13.8. The Labute approximate surface area is 197 Å². The molecule has 4 rings (SSSR count). The van der Waals surface area contributed by atoms with Crippen LogP contribution >= 0.6 is 46.2 Å². The van der Waals surface area contributed by atoms with Crippen LogP contribution < -0.4 is 5.32 Å². The Morgan fingerprint density at radius 2 is 2.26 bits per heavy atom. The Kier molecular flexibility index (Phi) is 6.86. The van der Waals surface area contributed by atoms with Gasteiger partial charge in [0, 0.05) is 11.5 Å². The van der Waals surface area contributed by atoms with Gasteiger partial charge >= 0.3 is 5.97 Å². The third-order valence-corrected chi connectivity index (χ3v) is 10.7. The van der Waals surface area contributed by atoms with E-state index in [1.54, 1.807) is 23.7 Å². The molecule has 2 aromatic heterocycles. The molecule has 0 spiro atoms. The maximum atomic E-state index is 12.7. The number of fused-ring (bicyclic) bond motifs is 1. The SMILES string of the molecule is Cc1ncc(SCC2=C(C(=O)O)N3C(=O)C(NC(=O)CS(=O)c4cccs4)[C@@H]3SC2)s1. The zero-order chi connectivity index (χ0) is 22.1. The number of β-lactam (4-membered cyclic amide) rings is 1. The molecule has 1 saturated heterocycles. The number of aryl methyl sites for hydroxylation is 1. The van der Waals surface area contributed by atoms with Crippen LogP contribution in [0.15, 0.2) is 43.4 Å². The van der Waals surface area contributed by atoms with E-state index in [9.17, 15) is 23.7 Å². The van der Waals surface area contributed by atoms with Crippen molar-refractivity contribution in [3.05, 3.63) is 40.0 Å². The summed E-state index contributed by atoms with van der Waals surface area (Å²) in [6.07, 6.45) is 1.75. The minimum absolute atomic E-state index is 0.00449. The van der Waals surface area contributed by atoms with Gasteiger partial charge in [-0.1, -0.05) is 6.07 Å². The number of nitrogens with one attached hydrogen (secondary N) is 1. The Balaban J connectivity index is 1.41. The highest BCUT2D eigenvalue weighted by Crippen LogP contribution is 2.42. The number of hydrogen-bond acceptors (Lipinski definition) is 9. The highest BCUT2D eigenvalue weighted by atomic mass is 32.2. The molecule has 0 bridgehead atoms. The fourth-order valence-corrected chi connectivity index (χ4v) is 8.51. The molecule has 2 N–H and O–H groups in total. The average Bonchev–Trinajstić information content (AvgIpc) is 3.41. The fraction of sp³-hybridized carbons (Fsp3) is 0.333. The zero-order valence-corrected chi connectivity index (χ0v) is 20.2. The van der Waals surface area contributed by atoms with Crippen molar-refractivity contribution in [2.24, 2.45) is 0 Å². The Morgan fingerprint density at radius 3 is 2.90 bits per heavy atom. The summed E-state index contributed by atoms with van der Waals surface area (Å²) in [4.78, 5) is 42.4. The van der Waals surface area contributed by atoms with Crippen molar-refractivity contribution in [1.29, 1.82) is 0 Å². The maximum Gasteiger partial charge on any atom is 0.352 e. The van der Waals surface area contributed by atoms with Crippen LogP contribution in [0.1, 0.15) is 5.01 Å². The lowest BCUT2D eigenvalue weighted by atomic mass is 10.0. The number of nitrogens with zero attached hydrogens (tertiary/aromatic N) is 2. The van der Waals surface area contributed by atoms with E-state index in [1.807, 2.05) is 6.92 Å². The van der Waals surface area contributed by atoms with Crippen LogP contribution in [0, 0.1) is 6.92 Å². The van der Waals surface area contributed by atoms with E-state index in [0.29, 0.717) is 21.3 Å². The van der Waals surface area contributed by atoms with Crippen LogP contribution in [0.5, 0.6) is 0 Å². The molecule has 0 aromatic carbocycles. The molecule has 0 aliphatic carbocycles. The zero-order valence-electron chi connectivity index (χ0n) is 16.1. The Bertz CT molecular complexity index is 1080. The number of aliphatic carboxylic acids is 1. The van der Waals surface area contributed by atoms with Crippen LogP contribution in [0.4, 0.5) is 0 Å². The number of carbonyl (C=O) groups excluding carboxylic acids is 2. The molecule has 2 aliphatic heterocycles. The highest BCUT2D eigenvalue weighted by molar-refractivity contribution is 8.02. The van der Waals surface area contributed by atoms with Gasteiger partial charge in [-0.25, -0.2) is 9.78 Å². The van der Waals surface area contributed by atoms with Gasteiger partial charge in [-0.2, -0.15) is 0 Å². The van der Waals surface area contributed by atoms with Crippen molar-refractivity contribution in [2.75, 3.05) is 17.3 Å². The predicted molar refractivity (Wildman–Crippen MR) is 123 cm³/mol. The third-order valence-electron chi connectivity index (χ3n) is 4.54. The molecule has 2 aromatic rings. The molecule has 0 radical (unpaired) electrons. The first-order valence-corrected chi connectivity index (χ1v) is 14.1. The number of carbonyl (C=O) groups is 3. The van der Waals surface area contributed by atoms with Gasteiger partial charge in [0.1, 0.15) is 22.9 Å². The van der Waals surface area contributed by atoms with Crippen molar-refractivity contribution < 1.29 is 23.7 Å². The van der Waals surface area contributed by atoms with Crippen molar-refractivity contribution in [3.8, 4) is 0 Å². The molecule has 2 aliphatic rings. The number of amides is 2. The van der Waals surface area contributed by atoms with Gasteiger partial charge in [0.2, 0.25) is 5.91 Å². The van der Waals surface area contributed by atoms with E-state index < -0.39 is 40.0 Å². The largest absolute Gasteiger partial charge is 0.477 e. The molecular weight excluding hydrogens is 499 g/mol. The first-order chi connectivity index (χ1) is 14.8. The van der Waals surface area contributed by atoms with Gasteiger partial charge in [0.15, 0.2) is 0 Å². The van der Waals surface area contributed by atoms with E-state index in [0.717, 1.165) is 9.22 Å². The number of thiophene rings is 1. The lowest BCUT2D eigenvalue weighted by Crippen LogP contribution is -2.70. The average molecular weight is 516 g/mol. The molecule has 2 unspecified atom stereocenters. The normalized spacial score (nSPS) is 21.5. The second-order valence-corrected chi connectivity index (χ2v) is 12.9. The molecule has 2 amide bonds. The molecule has 13 heteroatoms. The molecular formula is C18H17N3O5S5. The van der Waals surface area contributed by atoms with Crippen LogP contribution in [0.2, 0.25) is 0 Å². The topological polar surface area (TPSA) is 117 Å². The van der Waals surface area contributed by atoms with Crippen LogP contribution in [0.25, 0.3) is 0 Å². The van der Waals surface area contributed by atoms with Crippen LogP contribution in [0.3, 0.4) is 0 Å². The third kappa shape index (κ3) is 4.75. The minimum Gasteiger partial charge on any atom is -0.477 e. The summed E-state index contributed by atoms with van der Waals surface area (Å²) in [5.74, 6) is -1.44. The first-order valence-electron chi connectivity index (χ1n) is 9.01. The van der Waals surface area contributed by atoms with E-state index >= 15 is 0 Å². The maximum absolute atomic E-state index is 12.7. The van der Waals surface area contributed by atoms with Crippen LogP contribution in [-0.4, -0.2) is 65.7 Å². The van der Waals surface area contributed by atoms with Crippen molar-refractivity contribution in [1.82, 2.24) is 15.2 Å². The number of thiazole rings is 1. The molecule has 3 atom stereocenters. The van der Waals surface area contributed by atoms with Crippen LogP contribution in [-0.2, 0) is 25.2 Å². The highest BCUT2D eigenvalue weighted by Gasteiger charge is 2.54. The van der Waals surface area contributed by atoms with Crippen molar-refractivity contribution in [2.45, 2.75) is 26.8 Å². The summed E-state index contributed by atoms with van der Waals surface area (Å²) >= 11 is 5.76. The second-order valence-electron chi connectivity index (χ2n) is 6.62. The van der Waals surface area contributed by atoms with Gasteiger partial charge in [0.05, 0.1) is 30.4 Å². The monoisotopic (exact) mass is 515 g/mol. The number of hydrogen-bond donors (Lipinski definition) is 2. The fourth-order valence-electron chi connectivity index (χ4n) is 3.16. The van der Waals surface area contributed by atoms with E-state index in [-0.39, 0.29) is 11.4 Å². The smallest absolute Gasteiger partial charge is 0.352 e. The first kappa shape index (κ1) is 22.5. The summed E-state index contributed by atoms with van der Waals surface area (Å²) in [5, 5.41) is 14.6. The number of carboxylic acids is 1. The molecule has 1 fully saturated rings. The van der Waals surface area contributed by atoms with Crippen molar-refractivity contribution in [3.63, 3.8) is 0 Å². The molecule has 4 heterocycles. The molecule has 164 valence electrons. The molecule has 31 heavy (non-hydrogen) atoms. The van der Waals surface area contributed by atoms with E-state index in [1.165, 1.54) is 51.1 Å². The van der Waals surface area contributed by atoms with Gasteiger partial charge in [-0.3, -0.25) is 18.7 Å². The van der Waals surface area contributed by atoms with Gasteiger partial charge in [-0.15, -0.1) is 46.2 Å². The summed E-state index contributed by atoms with van der Waals surface area (Å²) in [7, 11) is -1.47. The minimum atomic E-state index is -1.47. The van der Waals surface area contributed by atoms with Gasteiger partial charge in [-0.05, 0) is 23.9 Å². The van der Waals surface area contributed by atoms with E-state index in [4.69, 9.17) is 0 Å². The Morgan fingerprint density at radius 1 is 1.45 bits per heavy atom. The van der Waals surface area contributed by atoms with Gasteiger partial charge < -0.3 is 10.4 Å². The summed E-state index contributed by atoms with van der Waals surface area (Å²) in [5.41, 5.74) is 0.664. The number of carboxylic acid groups (broad SMARTS) is 1. The van der Waals surface area contributed by atoms with Gasteiger partial charge in [0.25, 0.3) is 5.91 Å². The Hall–Kier alpha value is -1.67. The molecule has 0 saturated carbocycles. The number of aromatic nitrogens is 1. The number of thioether (sulfide) groups is 2.